The summed E-state index contributed by atoms with van der Waals surface area (Å²) in [5, 5.41) is 10.7. The molecule has 0 saturated heterocycles. The van der Waals surface area contributed by atoms with E-state index in [0.717, 1.165) is 8.66 Å². The van der Waals surface area contributed by atoms with E-state index in [0.29, 0.717) is 12.4 Å². The van der Waals surface area contributed by atoms with Crippen LogP contribution in [0.5, 0.6) is 5.75 Å². The Labute approximate surface area is 120 Å². The number of rotatable bonds is 4. The van der Waals surface area contributed by atoms with Gasteiger partial charge < -0.3 is 4.74 Å². The van der Waals surface area contributed by atoms with Crippen LogP contribution >= 0.6 is 38.9 Å². The number of thiophene rings is 1. The molecular formula is C11H7BrClNO3S. The molecule has 1 aromatic heterocycles. The van der Waals surface area contributed by atoms with Crippen molar-refractivity contribution >= 4 is 44.6 Å². The van der Waals surface area contributed by atoms with E-state index in [1.807, 2.05) is 12.1 Å². The fourth-order valence-electron chi connectivity index (χ4n) is 1.31. The molecule has 1 heterocycles. The van der Waals surface area contributed by atoms with Crippen molar-refractivity contribution in [3.63, 3.8) is 0 Å². The van der Waals surface area contributed by atoms with Crippen LogP contribution in [0.2, 0.25) is 5.02 Å². The molecule has 0 bridgehead atoms. The molecule has 18 heavy (non-hydrogen) atoms. The van der Waals surface area contributed by atoms with Gasteiger partial charge in [0.15, 0.2) is 0 Å². The highest BCUT2D eigenvalue weighted by atomic mass is 79.9. The van der Waals surface area contributed by atoms with Gasteiger partial charge in [0.2, 0.25) is 0 Å². The highest BCUT2D eigenvalue weighted by Gasteiger charge is 2.12. The topological polar surface area (TPSA) is 52.4 Å². The van der Waals surface area contributed by atoms with E-state index < -0.39 is 4.92 Å². The summed E-state index contributed by atoms with van der Waals surface area (Å²) in [6, 6.07) is 8.20. The minimum Gasteiger partial charge on any atom is -0.488 e. The zero-order chi connectivity index (χ0) is 13.1. The second-order valence-electron chi connectivity index (χ2n) is 3.36. The van der Waals surface area contributed by atoms with Crippen molar-refractivity contribution in [2.45, 2.75) is 6.61 Å². The van der Waals surface area contributed by atoms with Crippen LogP contribution in [0, 0.1) is 10.1 Å². The first kappa shape index (κ1) is 13.3. The largest absolute Gasteiger partial charge is 0.488 e. The molecule has 0 N–H and O–H groups in total. The molecule has 0 amide bonds. The van der Waals surface area contributed by atoms with E-state index in [9.17, 15) is 10.1 Å². The molecule has 0 radical (unpaired) electrons. The molecule has 0 saturated carbocycles. The van der Waals surface area contributed by atoms with E-state index >= 15 is 0 Å². The van der Waals surface area contributed by atoms with Crippen molar-refractivity contribution in [1.82, 2.24) is 0 Å². The smallest absolute Gasteiger partial charge is 0.288 e. The van der Waals surface area contributed by atoms with Crippen LogP contribution in [-0.2, 0) is 6.61 Å². The number of nitro benzene ring substituents is 1. The average Bonchev–Trinajstić information content (AvgIpc) is 2.72. The van der Waals surface area contributed by atoms with Crippen LogP contribution in [0.15, 0.2) is 34.1 Å². The van der Waals surface area contributed by atoms with E-state index in [4.69, 9.17) is 16.3 Å². The van der Waals surface area contributed by atoms with Gasteiger partial charge in [-0.25, -0.2) is 0 Å². The summed E-state index contributed by atoms with van der Waals surface area (Å²) in [7, 11) is 0. The molecule has 0 spiro atoms. The zero-order valence-electron chi connectivity index (χ0n) is 8.93. The standard InChI is InChI=1S/C11H7BrClNO3S/c12-11-4-2-8(18-11)6-17-7-1-3-10(14(15)16)9(13)5-7/h1-5H,6H2. The molecule has 2 rings (SSSR count). The maximum atomic E-state index is 10.6. The zero-order valence-corrected chi connectivity index (χ0v) is 12.1. The second kappa shape index (κ2) is 5.69. The van der Waals surface area contributed by atoms with E-state index in [2.05, 4.69) is 15.9 Å². The molecule has 0 fully saturated rings. The first-order chi connectivity index (χ1) is 8.56. The Balaban J connectivity index is 2.06. The lowest BCUT2D eigenvalue weighted by Gasteiger charge is -2.04. The first-order valence-corrected chi connectivity index (χ1v) is 6.86. The lowest BCUT2D eigenvalue weighted by Crippen LogP contribution is -1.94. The summed E-state index contributed by atoms with van der Waals surface area (Å²) in [5.74, 6) is 0.509. The normalized spacial score (nSPS) is 10.3. The van der Waals surface area contributed by atoms with Crippen LogP contribution in [0.1, 0.15) is 4.88 Å². The Hall–Kier alpha value is -1.11. The molecule has 2 aromatic rings. The van der Waals surface area contributed by atoms with Gasteiger partial charge in [-0.2, -0.15) is 0 Å². The quantitative estimate of drug-likeness (QED) is 0.597. The van der Waals surface area contributed by atoms with Gasteiger partial charge in [-0.3, -0.25) is 10.1 Å². The third-order valence-corrected chi connectivity index (χ3v) is 4.03. The molecule has 0 unspecified atom stereocenters. The van der Waals surface area contributed by atoms with Crippen LogP contribution in [-0.4, -0.2) is 4.92 Å². The van der Waals surface area contributed by atoms with E-state index in [1.165, 1.54) is 18.2 Å². The predicted octanol–water partition coefficient (Wildman–Crippen LogP) is 4.65. The number of ether oxygens (including phenoxy) is 1. The average molecular weight is 349 g/mol. The van der Waals surface area contributed by atoms with Gasteiger partial charge in [-0.1, -0.05) is 11.6 Å². The molecule has 4 nitrogen and oxygen atoms in total. The van der Waals surface area contributed by atoms with Gasteiger partial charge >= 0.3 is 0 Å². The lowest BCUT2D eigenvalue weighted by molar-refractivity contribution is -0.384. The highest BCUT2D eigenvalue weighted by Crippen LogP contribution is 2.29. The van der Waals surface area contributed by atoms with Gasteiger partial charge in [-0.15, -0.1) is 11.3 Å². The van der Waals surface area contributed by atoms with Crippen molar-refractivity contribution in [3.8, 4) is 5.75 Å². The van der Waals surface area contributed by atoms with Crippen molar-refractivity contribution in [2.24, 2.45) is 0 Å². The molecule has 0 aliphatic carbocycles. The first-order valence-electron chi connectivity index (χ1n) is 4.87. The molecule has 94 valence electrons. The molecule has 1 aromatic carbocycles. The molecule has 7 heteroatoms. The Kier molecular flexibility index (Phi) is 4.21. The Morgan fingerprint density at radius 2 is 2.17 bits per heavy atom. The Morgan fingerprint density at radius 3 is 2.72 bits per heavy atom. The van der Waals surface area contributed by atoms with Crippen molar-refractivity contribution < 1.29 is 9.66 Å². The minimum atomic E-state index is -0.525. The van der Waals surface area contributed by atoms with Crippen LogP contribution < -0.4 is 4.74 Å². The van der Waals surface area contributed by atoms with Gasteiger partial charge in [0, 0.05) is 17.0 Å². The molecular weight excluding hydrogens is 342 g/mol. The summed E-state index contributed by atoms with van der Waals surface area (Å²) in [6.07, 6.45) is 0. The summed E-state index contributed by atoms with van der Waals surface area (Å²) >= 11 is 10.7. The molecule has 0 aliphatic rings. The summed E-state index contributed by atoms with van der Waals surface area (Å²) in [4.78, 5) is 11.1. The van der Waals surface area contributed by atoms with Crippen LogP contribution in [0.3, 0.4) is 0 Å². The fourth-order valence-corrected chi connectivity index (χ4v) is 2.95. The van der Waals surface area contributed by atoms with Crippen molar-refractivity contribution in [3.05, 3.63) is 54.1 Å². The Morgan fingerprint density at radius 1 is 1.39 bits per heavy atom. The summed E-state index contributed by atoms with van der Waals surface area (Å²) in [6.45, 7) is 0.407. The monoisotopic (exact) mass is 347 g/mol. The fraction of sp³-hybridized carbons (Fsp3) is 0.0909. The maximum Gasteiger partial charge on any atom is 0.288 e. The predicted molar refractivity (Wildman–Crippen MR) is 74.5 cm³/mol. The van der Waals surface area contributed by atoms with Gasteiger partial charge in [0.25, 0.3) is 5.69 Å². The Bertz CT molecular complexity index is 587. The maximum absolute atomic E-state index is 10.6. The number of nitro groups is 1. The number of hydrogen-bond donors (Lipinski definition) is 0. The second-order valence-corrected chi connectivity index (χ2v) is 6.32. The van der Waals surface area contributed by atoms with E-state index in [-0.39, 0.29) is 10.7 Å². The van der Waals surface area contributed by atoms with Gasteiger partial charge in [0.1, 0.15) is 17.4 Å². The highest BCUT2D eigenvalue weighted by molar-refractivity contribution is 9.11. The minimum absolute atomic E-state index is 0.0739. The van der Waals surface area contributed by atoms with E-state index in [1.54, 1.807) is 11.3 Å². The van der Waals surface area contributed by atoms with Crippen LogP contribution in [0.4, 0.5) is 5.69 Å². The summed E-state index contributed by atoms with van der Waals surface area (Å²) < 4.78 is 6.53. The number of benzene rings is 1. The molecule has 0 aliphatic heterocycles. The van der Waals surface area contributed by atoms with Crippen molar-refractivity contribution in [2.75, 3.05) is 0 Å². The van der Waals surface area contributed by atoms with Crippen LogP contribution in [0.25, 0.3) is 0 Å². The van der Waals surface area contributed by atoms with Gasteiger partial charge in [0.05, 0.1) is 8.71 Å². The number of hydrogen-bond acceptors (Lipinski definition) is 4. The summed E-state index contributed by atoms with van der Waals surface area (Å²) in [5.41, 5.74) is -0.122. The third kappa shape index (κ3) is 3.22. The van der Waals surface area contributed by atoms with Gasteiger partial charge in [-0.05, 0) is 34.1 Å². The number of halogens is 2. The third-order valence-electron chi connectivity index (χ3n) is 2.13. The molecule has 0 atom stereocenters. The SMILES string of the molecule is O=[N+]([O-])c1ccc(OCc2ccc(Br)s2)cc1Cl. The lowest BCUT2D eigenvalue weighted by atomic mass is 10.3. The number of nitrogens with zero attached hydrogens (tertiary/aromatic N) is 1. The van der Waals surface area contributed by atoms with Crippen molar-refractivity contribution in [1.29, 1.82) is 0 Å².